The van der Waals surface area contributed by atoms with E-state index in [1.807, 2.05) is 59.0 Å². The molecule has 35 heavy (non-hydrogen) atoms. The van der Waals surface area contributed by atoms with Crippen LogP contribution in [0.5, 0.6) is 0 Å². The Balaban J connectivity index is 1.59. The molecule has 1 saturated heterocycles. The van der Waals surface area contributed by atoms with Crippen molar-refractivity contribution < 1.29 is 19.1 Å². The van der Waals surface area contributed by atoms with Crippen LogP contribution in [0.3, 0.4) is 0 Å². The molecule has 4 rings (SSSR count). The van der Waals surface area contributed by atoms with Crippen LogP contribution in [0.15, 0.2) is 58.4 Å². The van der Waals surface area contributed by atoms with Gasteiger partial charge in [-0.2, -0.15) is 11.3 Å². The van der Waals surface area contributed by atoms with Crippen LogP contribution in [0.25, 0.3) is 0 Å². The quantitative estimate of drug-likeness (QED) is 0.594. The van der Waals surface area contributed by atoms with Crippen LogP contribution in [-0.4, -0.2) is 78.5 Å². The summed E-state index contributed by atoms with van der Waals surface area (Å²) < 4.78 is 5.44. The third-order valence-electron chi connectivity index (χ3n) is 6.40. The number of ether oxygens (including phenoxy) is 1. The fourth-order valence-corrected chi connectivity index (χ4v) is 5.34. The van der Waals surface area contributed by atoms with E-state index in [1.54, 1.807) is 11.8 Å². The van der Waals surface area contributed by atoms with Gasteiger partial charge in [-0.3, -0.25) is 14.6 Å². The monoisotopic (exact) mass is 496 g/mol. The lowest BCUT2D eigenvalue weighted by molar-refractivity contribution is -0.139. The molecular formula is C26H32N4O4S. The lowest BCUT2D eigenvalue weighted by Gasteiger charge is -2.37. The average Bonchev–Trinajstić information content (AvgIpc) is 3.31. The van der Waals surface area contributed by atoms with Crippen LogP contribution in [-0.2, 0) is 9.53 Å². The van der Waals surface area contributed by atoms with Crippen molar-refractivity contribution in [1.82, 2.24) is 20.0 Å². The molecule has 186 valence electrons. The minimum absolute atomic E-state index is 0.0311. The van der Waals surface area contributed by atoms with Crippen molar-refractivity contribution in [2.75, 3.05) is 45.9 Å². The number of urea groups is 1. The van der Waals surface area contributed by atoms with Gasteiger partial charge in [0.2, 0.25) is 0 Å². The number of benzene rings is 1. The summed E-state index contributed by atoms with van der Waals surface area (Å²) in [7, 11) is 0. The summed E-state index contributed by atoms with van der Waals surface area (Å²) in [5.41, 5.74) is 2.71. The van der Waals surface area contributed by atoms with Gasteiger partial charge < -0.3 is 15.0 Å². The Kier molecular flexibility index (Phi) is 8.20. The Hall–Kier alpha value is -3.17. The number of hydrogen-bond acceptors (Lipinski definition) is 6. The molecule has 0 spiro atoms. The van der Waals surface area contributed by atoms with Gasteiger partial charge in [-0.25, -0.2) is 9.59 Å². The third kappa shape index (κ3) is 5.57. The van der Waals surface area contributed by atoms with Gasteiger partial charge in [0.05, 0.1) is 18.2 Å². The minimum Gasteiger partial charge on any atom is -0.463 e. The molecule has 2 aliphatic heterocycles. The van der Waals surface area contributed by atoms with E-state index in [0.717, 1.165) is 18.5 Å². The molecule has 2 aliphatic rings. The van der Waals surface area contributed by atoms with E-state index in [9.17, 15) is 14.4 Å². The highest BCUT2D eigenvalue weighted by atomic mass is 32.1. The summed E-state index contributed by atoms with van der Waals surface area (Å²) in [6.45, 7) is 7.48. The number of thiophene rings is 1. The Morgan fingerprint density at radius 1 is 1.09 bits per heavy atom. The van der Waals surface area contributed by atoms with E-state index in [0.29, 0.717) is 49.6 Å². The van der Waals surface area contributed by atoms with Crippen LogP contribution in [0, 0.1) is 0 Å². The molecule has 1 aromatic heterocycles. The largest absolute Gasteiger partial charge is 0.463 e. The van der Waals surface area contributed by atoms with Crippen LogP contribution < -0.4 is 5.32 Å². The molecule has 3 heterocycles. The van der Waals surface area contributed by atoms with Crippen molar-refractivity contribution >= 4 is 29.2 Å². The molecule has 3 amide bonds. The van der Waals surface area contributed by atoms with Crippen molar-refractivity contribution in [3.05, 3.63) is 69.6 Å². The summed E-state index contributed by atoms with van der Waals surface area (Å²) in [4.78, 5) is 44.9. The molecule has 1 atom stereocenters. The van der Waals surface area contributed by atoms with Crippen LogP contribution in [0.2, 0.25) is 0 Å². The SMILES string of the molecule is CCOC(=O)C1=C(CN2CCCN(C(=O)c3ccccc3)CC2)N(CC)C(=O)NC1c1ccsc1. The van der Waals surface area contributed by atoms with Crippen molar-refractivity contribution in [3.63, 3.8) is 0 Å². The molecule has 0 aliphatic carbocycles. The van der Waals surface area contributed by atoms with E-state index in [2.05, 4.69) is 10.2 Å². The molecule has 1 N–H and O–H groups in total. The lowest BCUT2D eigenvalue weighted by Crippen LogP contribution is -2.51. The zero-order valence-electron chi connectivity index (χ0n) is 20.2. The normalized spacial score (nSPS) is 19.4. The first-order chi connectivity index (χ1) is 17.0. The summed E-state index contributed by atoms with van der Waals surface area (Å²) >= 11 is 1.52. The smallest absolute Gasteiger partial charge is 0.338 e. The van der Waals surface area contributed by atoms with Gasteiger partial charge in [0.15, 0.2) is 0 Å². The van der Waals surface area contributed by atoms with Crippen LogP contribution in [0.1, 0.15) is 42.2 Å². The molecule has 0 bridgehead atoms. The minimum atomic E-state index is -0.547. The Morgan fingerprint density at radius 2 is 1.89 bits per heavy atom. The second-order valence-electron chi connectivity index (χ2n) is 8.55. The highest BCUT2D eigenvalue weighted by molar-refractivity contribution is 7.08. The first-order valence-electron chi connectivity index (χ1n) is 12.1. The maximum atomic E-state index is 13.2. The summed E-state index contributed by atoms with van der Waals surface area (Å²) in [5.74, 6) is -0.378. The molecule has 0 saturated carbocycles. The second kappa shape index (κ2) is 11.5. The highest BCUT2D eigenvalue weighted by Gasteiger charge is 2.38. The lowest BCUT2D eigenvalue weighted by atomic mass is 9.96. The van der Waals surface area contributed by atoms with Crippen molar-refractivity contribution in [1.29, 1.82) is 0 Å². The van der Waals surface area contributed by atoms with E-state index in [-0.39, 0.29) is 18.5 Å². The molecule has 8 nitrogen and oxygen atoms in total. The summed E-state index contributed by atoms with van der Waals surface area (Å²) in [6, 6.07) is 10.5. The topological polar surface area (TPSA) is 82.2 Å². The first-order valence-corrected chi connectivity index (χ1v) is 13.0. The predicted octanol–water partition coefficient (Wildman–Crippen LogP) is 3.50. The Morgan fingerprint density at radius 3 is 2.57 bits per heavy atom. The predicted molar refractivity (Wildman–Crippen MR) is 135 cm³/mol. The fraction of sp³-hybridized carbons (Fsp3) is 0.423. The number of nitrogens with zero attached hydrogens (tertiary/aromatic N) is 3. The zero-order valence-corrected chi connectivity index (χ0v) is 21.1. The Bertz CT molecular complexity index is 1070. The number of rotatable bonds is 7. The number of carbonyl (C=O) groups excluding carboxylic acids is 3. The van der Waals surface area contributed by atoms with Crippen LogP contribution >= 0.6 is 11.3 Å². The van der Waals surface area contributed by atoms with Gasteiger partial charge in [0.1, 0.15) is 0 Å². The van der Waals surface area contributed by atoms with Gasteiger partial charge in [0.25, 0.3) is 5.91 Å². The van der Waals surface area contributed by atoms with E-state index < -0.39 is 12.0 Å². The number of likely N-dealkylation sites (N-methyl/N-ethyl adjacent to an activating group) is 1. The van der Waals surface area contributed by atoms with Crippen LogP contribution in [0.4, 0.5) is 4.79 Å². The number of carbonyl (C=O) groups is 3. The van der Waals surface area contributed by atoms with E-state index in [1.165, 1.54) is 11.3 Å². The number of nitrogens with one attached hydrogen (secondary N) is 1. The molecule has 2 aromatic rings. The molecule has 1 unspecified atom stereocenters. The summed E-state index contributed by atoms with van der Waals surface area (Å²) in [6.07, 6.45) is 0.812. The van der Waals surface area contributed by atoms with Gasteiger partial charge >= 0.3 is 12.0 Å². The maximum Gasteiger partial charge on any atom is 0.338 e. The van der Waals surface area contributed by atoms with E-state index in [4.69, 9.17) is 4.74 Å². The second-order valence-corrected chi connectivity index (χ2v) is 9.33. The fourth-order valence-electron chi connectivity index (χ4n) is 4.65. The van der Waals surface area contributed by atoms with E-state index >= 15 is 0 Å². The number of hydrogen-bond donors (Lipinski definition) is 1. The Labute approximate surface area is 210 Å². The molecule has 1 aromatic carbocycles. The highest BCUT2D eigenvalue weighted by Crippen LogP contribution is 2.33. The first kappa shape index (κ1) is 24.9. The molecule has 9 heteroatoms. The van der Waals surface area contributed by atoms with Crippen molar-refractivity contribution in [3.8, 4) is 0 Å². The van der Waals surface area contributed by atoms with Crippen molar-refractivity contribution in [2.45, 2.75) is 26.3 Å². The molecular weight excluding hydrogens is 464 g/mol. The molecule has 0 radical (unpaired) electrons. The average molecular weight is 497 g/mol. The zero-order chi connectivity index (χ0) is 24.8. The third-order valence-corrected chi connectivity index (χ3v) is 7.10. The maximum absolute atomic E-state index is 13.2. The molecule has 1 fully saturated rings. The number of amides is 3. The standard InChI is InChI=1S/C26H32N4O4S/c1-3-30-21(22(25(32)34-4-2)23(27-26(30)33)20-11-16-35-18-20)17-28-12-8-13-29(15-14-28)24(31)19-9-6-5-7-10-19/h5-7,9-11,16,18,23H,3-4,8,12-15,17H2,1-2H3,(H,27,33). The van der Waals surface area contributed by atoms with Gasteiger partial charge in [-0.15, -0.1) is 0 Å². The van der Waals surface area contributed by atoms with Gasteiger partial charge in [-0.1, -0.05) is 18.2 Å². The van der Waals surface area contributed by atoms with Crippen molar-refractivity contribution in [2.24, 2.45) is 0 Å². The summed E-state index contributed by atoms with van der Waals surface area (Å²) in [5, 5.41) is 6.87. The number of esters is 1. The van der Waals surface area contributed by atoms with Gasteiger partial charge in [-0.05, 0) is 54.8 Å². The van der Waals surface area contributed by atoms with Gasteiger partial charge in [0, 0.05) is 50.5 Å².